The van der Waals surface area contributed by atoms with Crippen LogP contribution in [0, 0.1) is 13.8 Å². The van der Waals surface area contributed by atoms with Gasteiger partial charge in [-0.05, 0) is 76.3 Å². The summed E-state index contributed by atoms with van der Waals surface area (Å²) in [6.45, 7) is 14.6. The summed E-state index contributed by atoms with van der Waals surface area (Å²) in [6, 6.07) is 10.7. The number of nitrogens with one attached hydrogen (secondary N) is 2. The number of ether oxygens (including phenoxy) is 1. The van der Waals surface area contributed by atoms with Crippen LogP contribution in [0.3, 0.4) is 0 Å². The van der Waals surface area contributed by atoms with E-state index in [2.05, 4.69) is 17.2 Å². The van der Waals surface area contributed by atoms with Crippen LogP contribution in [0.4, 0.5) is 10.5 Å². The molecule has 4 amide bonds. The van der Waals surface area contributed by atoms with Crippen molar-refractivity contribution in [3.63, 3.8) is 0 Å². The van der Waals surface area contributed by atoms with Crippen molar-refractivity contribution in [1.82, 2.24) is 10.2 Å². The smallest absolute Gasteiger partial charge is 0.408 e. The summed E-state index contributed by atoms with van der Waals surface area (Å²) in [4.78, 5) is 53.4. The lowest BCUT2D eigenvalue weighted by atomic mass is 9.99. The molecule has 0 spiro atoms. The van der Waals surface area contributed by atoms with Crippen LogP contribution in [-0.4, -0.2) is 46.9 Å². The summed E-state index contributed by atoms with van der Waals surface area (Å²) in [7, 11) is 0. The van der Waals surface area contributed by atoms with Gasteiger partial charge < -0.3 is 26.0 Å². The molecule has 0 radical (unpaired) electrons. The highest BCUT2D eigenvalue weighted by Crippen LogP contribution is 2.28. The van der Waals surface area contributed by atoms with Crippen molar-refractivity contribution in [2.75, 3.05) is 11.9 Å². The van der Waals surface area contributed by atoms with Crippen LogP contribution in [0.2, 0.25) is 0 Å². The molecule has 2 rings (SSSR count). The molecule has 0 aliphatic carbocycles. The van der Waals surface area contributed by atoms with Crippen molar-refractivity contribution in [1.29, 1.82) is 0 Å². The molecule has 2 aromatic carbocycles. The highest BCUT2D eigenvalue weighted by molar-refractivity contribution is 6.00. The fourth-order valence-corrected chi connectivity index (χ4v) is 4.19. The molecule has 0 fully saturated rings. The van der Waals surface area contributed by atoms with Crippen molar-refractivity contribution < 1.29 is 23.9 Å². The normalized spacial score (nSPS) is 12.6. The Hall–Kier alpha value is -4.14. The van der Waals surface area contributed by atoms with Crippen LogP contribution in [0.25, 0.3) is 6.08 Å². The lowest BCUT2D eigenvalue weighted by Gasteiger charge is -2.34. The van der Waals surface area contributed by atoms with Gasteiger partial charge in [0.1, 0.15) is 17.7 Å². The summed E-state index contributed by atoms with van der Waals surface area (Å²) in [5.74, 6) is -1.59. The van der Waals surface area contributed by atoms with Gasteiger partial charge in [-0.2, -0.15) is 0 Å². The summed E-state index contributed by atoms with van der Waals surface area (Å²) < 4.78 is 5.34. The number of nitrogens with two attached hydrogens (primary N) is 1. The Balaban J connectivity index is 2.54. The number of likely N-dealkylation sites (N-methyl/N-ethyl adjacent to an activating group) is 1. The maximum absolute atomic E-state index is 14.0. The zero-order valence-corrected chi connectivity index (χ0v) is 23.7. The first-order valence-electron chi connectivity index (χ1n) is 12.9. The van der Waals surface area contributed by atoms with Gasteiger partial charge in [-0.3, -0.25) is 14.4 Å². The molecular formula is C30H40N4O5. The third-order valence-corrected chi connectivity index (χ3v) is 6.04. The van der Waals surface area contributed by atoms with E-state index in [0.717, 1.165) is 16.7 Å². The highest BCUT2D eigenvalue weighted by atomic mass is 16.6. The number of hydrogen-bond acceptors (Lipinski definition) is 5. The number of anilines is 1. The molecule has 210 valence electrons. The van der Waals surface area contributed by atoms with Gasteiger partial charge >= 0.3 is 6.09 Å². The number of nitrogens with zero attached hydrogens (tertiary/aromatic N) is 1. The maximum Gasteiger partial charge on any atom is 0.408 e. The number of amides is 4. The Morgan fingerprint density at radius 3 is 2.23 bits per heavy atom. The number of benzene rings is 2. The van der Waals surface area contributed by atoms with Crippen LogP contribution in [0.5, 0.6) is 0 Å². The number of para-hydroxylation sites is 1. The fourth-order valence-electron chi connectivity index (χ4n) is 4.19. The summed E-state index contributed by atoms with van der Waals surface area (Å²) >= 11 is 0. The molecule has 9 heteroatoms. The van der Waals surface area contributed by atoms with Crippen molar-refractivity contribution >= 4 is 35.6 Å². The minimum atomic E-state index is -1.15. The topological polar surface area (TPSA) is 131 Å². The van der Waals surface area contributed by atoms with Crippen LogP contribution < -0.4 is 16.4 Å². The quantitative estimate of drug-likeness (QED) is 0.385. The van der Waals surface area contributed by atoms with E-state index in [1.165, 1.54) is 4.90 Å². The van der Waals surface area contributed by atoms with Gasteiger partial charge in [-0.25, -0.2) is 4.79 Å². The standard InChI is InChI=1S/C30H40N4O5/c1-8-21-14-11-15-22(18-21)26(27(36)33-25-19(3)12-10-13-20(25)4)34(9-2)28(37)23(16-17-24(31)35)32-29(38)39-30(5,6)7/h8,10-15,18,23,26H,1,9,16-17H2,2-7H3,(H2,31,35)(H,32,38)(H,33,36). The molecule has 2 unspecified atom stereocenters. The number of carbonyl (C=O) groups is 4. The largest absolute Gasteiger partial charge is 0.444 e. The molecule has 0 aliphatic heterocycles. The first-order valence-corrected chi connectivity index (χ1v) is 12.9. The van der Waals surface area contributed by atoms with Crippen LogP contribution in [0.1, 0.15) is 68.8 Å². The van der Waals surface area contributed by atoms with Crippen LogP contribution >= 0.6 is 0 Å². The Kier molecular flexibility index (Phi) is 10.8. The van der Waals surface area contributed by atoms with Gasteiger partial charge in [-0.15, -0.1) is 0 Å². The van der Waals surface area contributed by atoms with Crippen molar-refractivity contribution in [2.24, 2.45) is 5.73 Å². The molecule has 2 atom stereocenters. The second-order valence-corrected chi connectivity index (χ2v) is 10.4. The van der Waals surface area contributed by atoms with Crippen LogP contribution in [0.15, 0.2) is 49.0 Å². The monoisotopic (exact) mass is 536 g/mol. The molecule has 4 N–H and O–H groups in total. The molecule has 39 heavy (non-hydrogen) atoms. The van der Waals surface area contributed by atoms with E-state index in [1.54, 1.807) is 52.0 Å². The van der Waals surface area contributed by atoms with E-state index in [4.69, 9.17) is 10.5 Å². The average Bonchev–Trinajstić information content (AvgIpc) is 2.85. The molecule has 0 aromatic heterocycles. The first-order chi connectivity index (χ1) is 18.3. The Morgan fingerprint density at radius 1 is 1.08 bits per heavy atom. The second kappa shape index (κ2) is 13.6. The Morgan fingerprint density at radius 2 is 1.69 bits per heavy atom. The van der Waals surface area contributed by atoms with E-state index in [-0.39, 0.29) is 19.4 Å². The number of primary amides is 1. The second-order valence-electron chi connectivity index (χ2n) is 10.4. The van der Waals surface area contributed by atoms with Crippen molar-refractivity contribution in [3.05, 3.63) is 71.3 Å². The van der Waals surface area contributed by atoms with Gasteiger partial charge in [0.05, 0.1) is 0 Å². The minimum absolute atomic E-state index is 0.0537. The van der Waals surface area contributed by atoms with E-state index in [1.807, 2.05) is 38.1 Å². The number of hydrogen-bond donors (Lipinski definition) is 3. The third-order valence-electron chi connectivity index (χ3n) is 6.04. The predicted octanol–water partition coefficient (Wildman–Crippen LogP) is 4.63. The van der Waals surface area contributed by atoms with E-state index < -0.39 is 41.5 Å². The molecule has 0 saturated heterocycles. The van der Waals surface area contributed by atoms with Gasteiger partial charge in [0.15, 0.2) is 0 Å². The van der Waals surface area contributed by atoms with Crippen molar-refractivity contribution in [3.8, 4) is 0 Å². The van der Waals surface area contributed by atoms with E-state index in [0.29, 0.717) is 11.3 Å². The van der Waals surface area contributed by atoms with Crippen molar-refractivity contribution in [2.45, 2.75) is 72.1 Å². The van der Waals surface area contributed by atoms with Crippen LogP contribution in [-0.2, 0) is 19.1 Å². The number of aryl methyl sites for hydroxylation is 2. The molecule has 0 bridgehead atoms. The van der Waals surface area contributed by atoms with Gasteiger partial charge in [0, 0.05) is 18.7 Å². The van der Waals surface area contributed by atoms with Gasteiger partial charge in [-0.1, -0.05) is 49.1 Å². The molecule has 0 aliphatic rings. The summed E-state index contributed by atoms with van der Waals surface area (Å²) in [5.41, 5.74) is 8.30. The Labute approximate surface area is 230 Å². The molecule has 2 aromatic rings. The highest BCUT2D eigenvalue weighted by Gasteiger charge is 2.36. The van der Waals surface area contributed by atoms with E-state index >= 15 is 0 Å². The molecular weight excluding hydrogens is 496 g/mol. The third kappa shape index (κ3) is 8.98. The minimum Gasteiger partial charge on any atom is -0.444 e. The lowest BCUT2D eigenvalue weighted by molar-refractivity contribution is -0.140. The van der Waals surface area contributed by atoms with E-state index in [9.17, 15) is 19.2 Å². The summed E-state index contributed by atoms with van der Waals surface area (Å²) in [6.07, 6.45) is 0.644. The van der Waals surface area contributed by atoms with Gasteiger partial charge in [0.2, 0.25) is 11.8 Å². The molecule has 9 nitrogen and oxygen atoms in total. The number of rotatable bonds is 11. The average molecular weight is 537 g/mol. The maximum atomic E-state index is 14.0. The molecule has 0 saturated carbocycles. The lowest BCUT2D eigenvalue weighted by Crippen LogP contribution is -2.52. The Bertz CT molecular complexity index is 1200. The number of alkyl carbamates (subject to hydrolysis) is 1. The fraction of sp³-hybridized carbons (Fsp3) is 0.400. The number of carbonyl (C=O) groups excluding carboxylic acids is 4. The SMILES string of the molecule is C=Cc1cccc(C(C(=O)Nc2c(C)cccc2C)N(CC)C(=O)C(CCC(N)=O)NC(=O)OC(C)(C)C)c1. The zero-order valence-electron chi connectivity index (χ0n) is 23.7. The zero-order chi connectivity index (χ0) is 29.3. The predicted molar refractivity (Wildman–Crippen MR) is 153 cm³/mol. The molecule has 0 heterocycles. The van der Waals surface area contributed by atoms with Gasteiger partial charge in [0.25, 0.3) is 5.91 Å². The first kappa shape index (κ1) is 31.1. The summed E-state index contributed by atoms with van der Waals surface area (Å²) in [5, 5.41) is 5.57.